The third-order valence-electron chi connectivity index (χ3n) is 4.04. The molecule has 11 N–H and O–H groups in total. The Kier molecular flexibility index (Phi) is 7.59. The molecule has 3 unspecified atom stereocenters. The molecule has 0 spiro atoms. The summed E-state index contributed by atoms with van der Waals surface area (Å²) in [5.74, 6) is -2.44. The maximum atomic E-state index is 12.4. The molecule has 2 saturated heterocycles. The molecule has 169 valence electrons. The summed E-state index contributed by atoms with van der Waals surface area (Å²) in [5, 5.41) is 55.6. The number of phosphoric acid groups is 1. The number of hydrogen-bond donors (Lipinski definition) is 10. The van der Waals surface area contributed by atoms with Crippen LogP contribution < -0.4 is 5.73 Å². The molecule has 0 bridgehead atoms. The molecule has 2 heterocycles. The smallest absolute Gasteiger partial charge is 0.406 e. The van der Waals surface area contributed by atoms with E-state index in [4.69, 9.17) is 35.5 Å². The monoisotopic (exact) mass is 467 g/mol. The maximum Gasteiger partial charge on any atom is 0.470 e. The first kappa shape index (κ1) is 24.7. The summed E-state index contributed by atoms with van der Waals surface area (Å²) in [6, 6.07) is 0. The third-order valence-corrected chi connectivity index (χ3v) is 5.93. The Morgan fingerprint density at radius 3 is 2.24 bits per heavy atom. The van der Waals surface area contributed by atoms with Crippen LogP contribution in [-0.4, -0.2) is 102 Å². The molecule has 0 amide bonds. The molecule has 1 radical (unpaired) electrons. The number of ether oxygens (including phenoxy) is 2. The van der Waals surface area contributed by atoms with E-state index in [0.29, 0.717) is 0 Å². The zero-order valence-corrected chi connectivity index (χ0v) is 16.1. The minimum absolute atomic E-state index is 0.857. The van der Waals surface area contributed by atoms with E-state index in [-0.39, 0.29) is 0 Å². The summed E-state index contributed by atoms with van der Waals surface area (Å²) >= 11 is 0. The molecule has 0 aliphatic carbocycles. The number of aliphatic hydroxyl groups is 5. The molecule has 29 heavy (non-hydrogen) atoms. The average Bonchev–Trinajstić information content (AvgIpc) is 3.04. The summed E-state index contributed by atoms with van der Waals surface area (Å²) in [7, 11) is -10.5. The molecule has 0 aromatic rings. The molecular weight excluding hydrogens is 446 g/mol. The number of phosphoric ester groups is 1. The standard InChI is InChI=1S/C11H21N2O14P2/c12-9(18)7-4(16)5(17)11(25-7)28(19,20)27-10(13)8-6(26-29(21,22)23)3(15)2(1-14)24-8/h2-9,13-18H,1,12H2,(H,19,20)(H2,21,22,23)/t2-,3-,4+,5-,6-,7+,8?,9?/m1/s1. The molecule has 2 rings (SSSR count). The van der Waals surface area contributed by atoms with Crippen LogP contribution in [-0.2, 0) is 27.7 Å². The van der Waals surface area contributed by atoms with Crippen molar-refractivity contribution in [1.82, 2.24) is 0 Å². The molecule has 16 nitrogen and oxygen atoms in total. The van der Waals surface area contributed by atoms with Gasteiger partial charge in [0, 0.05) is 0 Å². The van der Waals surface area contributed by atoms with Gasteiger partial charge in [-0.2, -0.15) is 0 Å². The lowest BCUT2D eigenvalue weighted by Crippen LogP contribution is -2.43. The van der Waals surface area contributed by atoms with Crippen molar-refractivity contribution >= 4 is 21.3 Å². The van der Waals surface area contributed by atoms with Gasteiger partial charge in [0.05, 0.1) is 6.61 Å². The van der Waals surface area contributed by atoms with Crippen molar-refractivity contribution in [1.29, 1.82) is 5.41 Å². The van der Waals surface area contributed by atoms with Crippen LogP contribution in [0.15, 0.2) is 0 Å². The fourth-order valence-corrected chi connectivity index (χ4v) is 4.47. The van der Waals surface area contributed by atoms with Crippen LogP contribution in [0.4, 0.5) is 0 Å². The summed E-state index contributed by atoms with van der Waals surface area (Å²) in [6.07, 6.45) is -14.8. The summed E-state index contributed by atoms with van der Waals surface area (Å²) < 4.78 is 42.1. The van der Waals surface area contributed by atoms with Crippen LogP contribution >= 0.6 is 15.4 Å². The fraction of sp³-hybridized carbons (Fsp3) is 0.818. The van der Waals surface area contributed by atoms with Gasteiger partial charge in [0.1, 0.15) is 42.9 Å². The topological polar surface area (TPSA) is 283 Å². The second-order valence-electron chi connectivity index (χ2n) is 6.15. The van der Waals surface area contributed by atoms with E-state index in [1.807, 2.05) is 0 Å². The molecule has 18 heteroatoms. The SMILES string of the molecule is N=C(OP(=O)(O)[C]1O[C@H](C(N)O)[C@@H](O)[C@H]1O)C1O[C@H](CO)[C@@H](O)[C@H]1OP(=O)(O)O. The first-order valence-corrected chi connectivity index (χ1v) is 10.9. The van der Waals surface area contributed by atoms with Crippen molar-refractivity contribution in [2.45, 2.75) is 49.0 Å². The summed E-state index contributed by atoms with van der Waals surface area (Å²) in [4.78, 5) is 27.9. The van der Waals surface area contributed by atoms with E-state index in [9.17, 15) is 34.4 Å². The van der Waals surface area contributed by atoms with Crippen LogP contribution in [0, 0.1) is 11.3 Å². The zero-order valence-electron chi connectivity index (χ0n) is 14.3. The van der Waals surface area contributed by atoms with Gasteiger partial charge in [-0.15, -0.1) is 0 Å². The summed E-state index contributed by atoms with van der Waals surface area (Å²) in [5.41, 5.74) is 5.11. The Hall–Kier alpha value is -0.550. The van der Waals surface area contributed by atoms with Crippen molar-refractivity contribution in [3.05, 3.63) is 5.85 Å². The minimum atomic E-state index is -5.23. The summed E-state index contributed by atoms with van der Waals surface area (Å²) in [6.45, 7) is -0.857. The van der Waals surface area contributed by atoms with Gasteiger partial charge in [-0.3, -0.25) is 9.93 Å². The average molecular weight is 467 g/mol. The highest BCUT2D eigenvalue weighted by Gasteiger charge is 2.57. The second kappa shape index (κ2) is 8.90. The number of nitrogens with two attached hydrogens (primary N) is 1. The Labute approximate surface area is 162 Å². The van der Waals surface area contributed by atoms with Gasteiger partial charge in [-0.25, -0.2) is 9.13 Å². The van der Waals surface area contributed by atoms with Gasteiger partial charge < -0.3 is 59.9 Å². The Balaban J connectivity index is 2.18. The molecule has 0 aromatic heterocycles. The van der Waals surface area contributed by atoms with Crippen LogP contribution in [0.3, 0.4) is 0 Å². The van der Waals surface area contributed by atoms with Crippen LogP contribution in [0.5, 0.6) is 0 Å². The largest absolute Gasteiger partial charge is 0.470 e. The Morgan fingerprint density at radius 1 is 1.21 bits per heavy atom. The zero-order chi connectivity index (χ0) is 22.3. The predicted octanol–water partition coefficient (Wildman–Crippen LogP) is -4.35. The van der Waals surface area contributed by atoms with E-state index in [1.54, 1.807) is 0 Å². The Bertz CT molecular complexity index is 701. The Morgan fingerprint density at radius 2 is 1.79 bits per heavy atom. The van der Waals surface area contributed by atoms with Crippen molar-refractivity contribution in [3.8, 4) is 0 Å². The highest BCUT2D eigenvalue weighted by molar-refractivity contribution is 7.56. The van der Waals surface area contributed by atoms with Crippen molar-refractivity contribution in [2.24, 2.45) is 5.73 Å². The fourth-order valence-electron chi connectivity index (χ4n) is 2.72. The van der Waals surface area contributed by atoms with Crippen molar-refractivity contribution in [3.63, 3.8) is 0 Å². The first-order chi connectivity index (χ1) is 13.2. The van der Waals surface area contributed by atoms with E-state index >= 15 is 0 Å². The number of nitrogens with one attached hydrogen (secondary N) is 1. The minimum Gasteiger partial charge on any atom is -0.406 e. The van der Waals surface area contributed by atoms with Crippen molar-refractivity contribution < 1.29 is 67.9 Å². The van der Waals surface area contributed by atoms with E-state index in [0.717, 1.165) is 0 Å². The van der Waals surface area contributed by atoms with Gasteiger partial charge in [0.15, 0.2) is 6.10 Å². The molecule has 2 aliphatic heterocycles. The van der Waals surface area contributed by atoms with Crippen LogP contribution in [0.25, 0.3) is 0 Å². The first-order valence-electron chi connectivity index (χ1n) is 7.82. The van der Waals surface area contributed by atoms with E-state index in [1.165, 1.54) is 0 Å². The molecule has 0 saturated carbocycles. The van der Waals surface area contributed by atoms with E-state index < -0.39 is 82.7 Å². The molecule has 9 atom stereocenters. The lowest BCUT2D eigenvalue weighted by molar-refractivity contribution is -0.0448. The van der Waals surface area contributed by atoms with Gasteiger partial charge in [0.2, 0.25) is 5.90 Å². The normalized spacial score (nSPS) is 39.3. The highest BCUT2D eigenvalue weighted by atomic mass is 31.2. The van der Waals surface area contributed by atoms with Gasteiger partial charge in [0.25, 0.3) is 5.85 Å². The van der Waals surface area contributed by atoms with Gasteiger partial charge in [-0.1, -0.05) is 0 Å². The van der Waals surface area contributed by atoms with Crippen LogP contribution in [0.2, 0.25) is 0 Å². The molecular formula is C11H21N2O14P2. The quantitative estimate of drug-likeness (QED) is 0.0732. The second-order valence-corrected chi connectivity index (χ2v) is 9.01. The highest BCUT2D eigenvalue weighted by Crippen LogP contribution is 2.59. The van der Waals surface area contributed by atoms with Crippen LogP contribution in [0.1, 0.15) is 0 Å². The maximum absolute atomic E-state index is 12.4. The van der Waals surface area contributed by atoms with Crippen molar-refractivity contribution in [2.75, 3.05) is 6.61 Å². The van der Waals surface area contributed by atoms with Gasteiger partial charge in [-0.05, 0) is 0 Å². The molecule has 2 fully saturated rings. The van der Waals surface area contributed by atoms with E-state index in [2.05, 4.69) is 9.05 Å². The lowest BCUT2D eigenvalue weighted by atomic mass is 10.1. The number of hydrogen-bond acceptors (Lipinski definition) is 13. The predicted molar refractivity (Wildman–Crippen MR) is 87.6 cm³/mol. The van der Waals surface area contributed by atoms with Gasteiger partial charge >= 0.3 is 15.4 Å². The molecule has 2 aliphatic rings. The third kappa shape index (κ3) is 5.39. The molecule has 0 aromatic carbocycles. The number of aliphatic hydroxyl groups excluding tert-OH is 5. The number of rotatable bonds is 7. The lowest BCUT2D eigenvalue weighted by Gasteiger charge is -2.25.